The number of benzene rings is 2. The highest BCUT2D eigenvalue weighted by atomic mass is 16.6. The highest BCUT2D eigenvalue weighted by molar-refractivity contribution is 5.94. The van der Waals surface area contributed by atoms with Crippen LogP contribution in [0.25, 0.3) is 0 Å². The Labute approximate surface area is 192 Å². The Morgan fingerprint density at radius 2 is 1.85 bits per heavy atom. The van der Waals surface area contributed by atoms with Gasteiger partial charge in [0.1, 0.15) is 12.4 Å². The first kappa shape index (κ1) is 22.5. The molecule has 0 atom stereocenters. The van der Waals surface area contributed by atoms with E-state index in [1.807, 2.05) is 47.8 Å². The number of ether oxygens (including phenoxy) is 1. The zero-order valence-corrected chi connectivity index (χ0v) is 18.8. The Balaban J connectivity index is 1.31. The average Bonchev–Trinajstić information content (AvgIpc) is 3.14. The predicted octanol–water partition coefficient (Wildman–Crippen LogP) is 3.17. The van der Waals surface area contributed by atoms with Crippen LogP contribution in [0.1, 0.15) is 27.2 Å². The number of carbonyl (C=O) groups excluding carboxylic acids is 1. The van der Waals surface area contributed by atoms with E-state index < -0.39 is 4.92 Å². The normalized spacial score (nSPS) is 14.3. The highest BCUT2D eigenvalue weighted by Gasteiger charge is 2.23. The number of nitro groups is 1. The molecule has 0 spiro atoms. The summed E-state index contributed by atoms with van der Waals surface area (Å²) in [6.07, 6.45) is 2.05. The number of nitrogens with zero attached hydrogens (tertiary/aromatic N) is 5. The second-order valence-electron chi connectivity index (χ2n) is 8.22. The molecular formula is C24H27N5O4. The van der Waals surface area contributed by atoms with Crippen molar-refractivity contribution in [2.24, 2.45) is 7.05 Å². The van der Waals surface area contributed by atoms with Crippen LogP contribution in [0.5, 0.6) is 5.75 Å². The van der Waals surface area contributed by atoms with Crippen molar-refractivity contribution >= 4 is 11.6 Å². The number of non-ortho nitro benzene ring substituents is 1. The lowest BCUT2D eigenvalue weighted by atomic mass is 10.1. The zero-order valence-electron chi connectivity index (χ0n) is 18.8. The Morgan fingerprint density at radius 3 is 2.48 bits per heavy atom. The SMILES string of the molecule is Cc1nn(C)cc1CN1CCN(C(=O)c2cccc(COc3ccc([N+](=O)[O-])cc3)c2)CC1. The van der Waals surface area contributed by atoms with Crippen molar-refractivity contribution in [1.29, 1.82) is 0 Å². The average molecular weight is 450 g/mol. The standard InChI is InChI=1S/C24H27N5O4/c1-18-21(15-26(2)25-18)16-27-10-12-28(13-11-27)24(30)20-5-3-4-19(14-20)17-33-23-8-6-22(7-9-23)29(31)32/h3-9,14-15H,10-13,16-17H2,1-2H3. The molecule has 0 radical (unpaired) electrons. The monoisotopic (exact) mass is 449 g/mol. The van der Waals surface area contributed by atoms with Crippen molar-refractivity contribution in [1.82, 2.24) is 19.6 Å². The van der Waals surface area contributed by atoms with Crippen LogP contribution >= 0.6 is 0 Å². The quantitative estimate of drug-likeness (QED) is 0.406. The third-order valence-corrected chi connectivity index (χ3v) is 5.80. The van der Waals surface area contributed by atoms with Gasteiger partial charge in [-0.25, -0.2) is 0 Å². The summed E-state index contributed by atoms with van der Waals surface area (Å²) in [5, 5.41) is 15.2. The highest BCUT2D eigenvalue weighted by Crippen LogP contribution is 2.19. The third-order valence-electron chi connectivity index (χ3n) is 5.80. The molecule has 0 aliphatic carbocycles. The minimum Gasteiger partial charge on any atom is -0.489 e. The molecule has 172 valence electrons. The minimum absolute atomic E-state index is 0.0180. The number of carbonyl (C=O) groups is 1. The fourth-order valence-electron chi connectivity index (χ4n) is 3.96. The van der Waals surface area contributed by atoms with Crippen molar-refractivity contribution in [3.05, 3.63) is 87.2 Å². The second kappa shape index (κ2) is 9.83. The number of nitro benzene ring substituents is 1. The molecular weight excluding hydrogens is 422 g/mol. The molecule has 1 saturated heterocycles. The molecule has 33 heavy (non-hydrogen) atoms. The Morgan fingerprint density at radius 1 is 1.12 bits per heavy atom. The van der Waals surface area contributed by atoms with Gasteiger partial charge in [0.15, 0.2) is 0 Å². The van der Waals surface area contributed by atoms with E-state index in [0.29, 0.717) is 24.4 Å². The molecule has 4 rings (SSSR count). The summed E-state index contributed by atoms with van der Waals surface area (Å²) in [6.45, 7) is 6.15. The van der Waals surface area contributed by atoms with Crippen LogP contribution < -0.4 is 4.74 Å². The van der Waals surface area contributed by atoms with Gasteiger partial charge in [0.05, 0.1) is 10.6 Å². The molecule has 1 aromatic heterocycles. The van der Waals surface area contributed by atoms with E-state index in [1.54, 1.807) is 12.1 Å². The number of rotatable bonds is 7. The van der Waals surface area contributed by atoms with Crippen LogP contribution in [-0.2, 0) is 20.2 Å². The molecule has 0 saturated carbocycles. The maximum atomic E-state index is 13.0. The first-order valence-electron chi connectivity index (χ1n) is 10.9. The number of piperazine rings is 1. The fraction of sp³-hybridized carbons (Fsp3) is 0.333. The fourth-order valence-corrected chi connectivity index (χ4v) is 3.96. The van der Waals surface area contributed by atoms with Crippen LogP contribution in [0.3, 0.4) is 0 Å². The van der Waals surface area contributed by atoms with Crippen LogP contribution in [0.4, 0.5) is 5.69 Å². The second-order valence-corrected chi connectivity index (χ2v) is 8.22. The van der Waals surface area contributed by atoms with E-state index >= 15 is 0 Å². The molecule has 9 heteroatoms. The Kier molecular flexibility index (Phi) is 6.69. The summed E-state index contributed by atoms with van der Waals surface area (Å²) in [7, 11) is 1.93. The van der Waals surface area contributed by atoms with E-state index in [2.05, 4.69) is 16.2 Å². The predicted molar refractivity (Wildman–Crippen MR) is 123 cm³/mol. The van der Waals surface area contributed by atoms with Gasteiger partial charge in [0, 0.05) is 69.2 Å². The molecule has 1 aliphatic rings. The number of aryl methyl sites for hydroxylation is 2. The van der Waals surface area contributed by atoms with Crippen molar-refractivity contribution in [3.8, 4) is 5.75 Å². The van der Waals surface area contributed by atoms with Crippen LogP contribution in [0.2, 0.25) is 0 Å². The van der Waals surface area contributed by atoms with E-state index in [1.165, 1.54) is 17.7 Å². The maximum absolute atomic E-state index is 13.0. The molecule has 2 heterocycles. The van der Waals surface area contributed by atoms with Gasteiger partial charge in [-0.05, 0) is 36.8 Å². The summed E-state index contributed by atoms with van der Waals surface area (Å²) in [5.74, 6) is 0.557. The first-order valence-corrected chi connectivity index (χ1v) is 10.9. The molecule has 0 bridgehead atoms. The van der Waals surface area contributed by atoms with Crippen LogP contribution in [0.15, 0.2) is 54.7 Å². The summed E-state index contributed by atoms with van der Waals surface area (Å²) in [4.78, 5) is 27.6. The van der Waals surface area contributed by atoms with Gasteiger partial charge in [-0.15, -0.1) is 0 Å². The molecule has 1 amide bonds. The first-order chi connectivity index (χ1) is 15.9. The lowest BCUT2D eigenvalue weighted by Crippen LogP contribution is -2.48. The summed E-state index contributed by atoms with van der Waals surface area (Å²) >= 11 is 0. The number of aromatic nitrogens is 2. The smallest absolute Gasteiger partial charge is 0.269 e. The third kappa shape index (κ3) is 5.56. The van der Waals surface area contributed by atoms with Gasteiger partial charge in [0.25, 0.3) is 11.6 Å². The van der Waals surface area contributed by atoms with Crippen molar-refractivity contribution in [3.63, 3.8) is 0 Å². The van der Waals surface area contributed by atoms with E-state index in [-0.39, 0.29) is 18.2 Å². The molecule has 9 nitrogen and oxygen atoms in total. The van der Waals surface area contributed by atoms with Crippen LogP contribution in [0, 0.1) is 17.0 Å². The number of hydrogen-bond donors (Lipinski definition) is 0. The number of amides is 1. The van der Waals surface area contributed by atoms with Gasteiger partial charge in [0.2, 0.25) is 0 Å². The molecule has 2 aromatic carbocycles. The van der Waals surface area contributed by atoms with E-state index in [0.717, 1.165) is 30.9 Å². The van der Waals surface area contributed by atoms with Gasteiger partial charge in [-0.3, -0.25) is 24.5 Å². The Bertz CT molecular complexity index is 1130. The molecule has 0 N–H and O–H groups in total. The minimum atomic E-state index is -0.446. The van der Waals surface area contributed by atoms with Gasteiger partial charge < -0.3 is 9.64 Å². The Hall–Kier alpha value is -3.72. The topological polar surface area (TPSA) is 93.7 Å². The van der Waals surface area contributed by atoms with Crippen LogP contribution in [-0.4, -0.2) is 56.6 Å². The molecule has 3 aromatic rings. The van der Waals surface area contributed by atoms with Gasteiger partial charge >= 0.3 is 0 Å². The number of hydrogen-bond acceptors (Lipinski definition) is 6. The lowest BCUT2D eigenvalue weighted by molar-refractivity contribution is -0.384. The molecule has 1 aliphatic heterocycles. The van der Waals surface area contributed by atoms with E-state index in [9.17, 15) is 14.9 Å². The maximum Gasteiger partial charge on any atom is 0.269 e. The molecule has 0 unspecified atom stereocenters. The lowest BCUT2D eigenvalue weighted by Gasteiger charge is -2.34. The molecule has 1 fully saturated rings. The van der Waals surface area contributed by atoms with Crippen molar-refractivity contribution in [2.75, 3.05) is 26.2 Å². The van der Waals surface area contributed by atoms with Crippen molar-refractivity contribution < 1.29 is 14.5 Å². The largest absolute Gasteiger partial charge is 0.489 e. The van der Waals surface area contributed by atoms with E-state index in [4.69, 9.17) is 4.74 Å². The summed E-state index contributed by atoms with van der Waals surface area (Å²) < 4.78 is 7.56. The van der Waals surface area contributed by atoms with Gasteiger partial charge in [-0.2, -0.15) is 5.10 Å². The van der Waals surface area contributed by atoms with Crippen molar-refractivity contribution in [2.45, 2.75) is 20.1 Å². The zero-order chi connectivity index (χ0) is 23.4. The van der Waals surface area contributed by atoms with Gasteiger partial charge in [-0.1, -0.05) is 12.1 Å². The summed E-state index contributed by atoms with van der Waals surface area (Å²) in [5.41, 5.74) is 3.79. The summed E-state index contributed by atoms with van der Waals surface area (Å²) in [6, 6.07) is 13.4.